The van der Waals surface area contributed by atoms with E-state index in [0.717, 1.165) is 12.1 Å². The zero-order valence-electron chi connectivity index (χ0n) is 10.2. The molecule has 2 rings (SSSR count). The van der Waals surface area contributed by atoms with Gasteiger partial charge in [-0.15, -0.1) is 0 Å². The lowest BCUT2D eigenvalue weighted by atomic mass is 10.0. The van der Waals surface area contributed by atoms with Gasteiger partial charge in [-0.1, -0.05) is 35.9 Å². The number of halogens is 4. The van der Waals surface area contributed by atoms with Crippen molar-refractivity contribution in [1.29, 1.82) is 0 Å². The Balaban J connectivity index is 2.52. The molecule has 0 fully saturated rings. The lowest BCUT2D eigenvalue weighted by molar-refractivity contribution is 0.358. The molecule has 0 aliphatic rings. The summed E-state index contributed by atoms with van der Waals surface area (Å²) in [7, 11) is 0. The molecule has 0 aliphatic carbocycles. The Kier molecular flexibility index (Phi) is 4.63. The summed E-state index contributed by atoms with van der Waals surface area (Å²) in [5, 5.41) is 0.377. The molecule has 1 nitrogen and oxygen atoms in total. The number of benzene rings is 2. The van der Waals surface area contributed by atoms with Crippen LogP contribution in [0, 0.1) is 17.7 Å². The minimum atomic E-state index is -0.790. The van der Waals surface area contributed by atoms with E-state index in [1.807, 2.05) is 0 Å². The van der Waals surface area contributed by atoms with Crippen molar-refractivity contribution in [3.05, 3.63) is 64.7 Å². The SMILES string of the molecule is C=CCOc1cc(F)c(-c2cc(Cl)c[c]c2Cl)c(F)c1. The third-order valence-corrected chi connectivity index (χ3v) is 3.04. The fourth-order valence-corrected chi connectivity index (χ4v) is 2.05. The minimum Gasteiger partial charge on any atom is -0.489 e. The van der Waals surface area contributed by atoms with Crippen LogP contribution in [-0.4, -0.2) is 6.61 Å². The fourth-order valence-electron chi connectivity index (χ4n) is 1.68. The first-order valence-electron chi connectivity index (χ1n) is 5.62. The fraction of sp³-hybridized carbons (Fsp3) is 0.0667. The third kappa shape index (κ3) is 3.11. The van der Waals surface area contributed by atoms with Crippen LogP contribution in [0.25, 0.3) is 11.1 Å². The van der Waals surface area contributed by atoms with E-state index in [-0.39, 0.29) is 33.5 Å². The van der Waals surface area contributed by atoms with Gasteiger partial charge in [-0.25, -0.2) is 8.78 Å². The van der Waals surface area contributed by atoms with Crippen LogP contribution in [-0.2, 0) is 0 Å². The molecule has 0 saturated heterocycles. The van der Waals surface area contributed by atoms with E-state index in [0.29, 0.717) is 0 Å². The molecule has 2 aromatic rings. The van der Waals surface area contributed by atoms with Crippen molar-refractivity contribution in [2.24, 2.45) is 0 Å². The molecule has 0 aromatic heterocycles. The Morgan fingerprint density at radius 1 is 1.20 bits per heavy atom. The predicted molar refractivity (Wildman–Crippen MR) is 76.3 cm³/mol. The van der Waals surface area contributed by atoms with Crippen molar-refractivity contribution in [2.45, 2.75) is 0 Å². The first-order chi connectivity index (χ1) is 9.52. The molecular formula is C15H9Cl2F2O. The summed E-state index contributed by atoms with van der Waals surface area (Å²) in [5.74, 6) is -1.51. The molecule has 0 aliphatic heterocycles. The quantitative estimate of drug-likeness (QED) is 0.696. The summed E-state index contributed by atoms with van der Waals surface area (Å²) < 4.78 is 33.2. The average Bonchev–Trinajstić information content (AvgIpc) is 2.39. The number of hydrogen-bond donors (Lipinski definition) is 0. The van der Waals surface area contributed by atoms with Crippen molar-refractivity contribution in [2.75, 3.05) is 6.61 Å². The second kappa shape index (κ2) is 6.25. The van der Waals surface area contributed by atoms with Crippen LogP contribution in [0.5, 0.6) is 5.75 Å². The highest BCUT2D eigenvalue weighted by Gasteiger charge is 2.17. The smallest absolute Gasteiger partial charge is 0.137 e. The van der Waals surface area contributed by atoms with E-state index in [9.17, 15) is 8.78 Å². The van der Waals surface area contributed by atoms with E-state index in [2.05, 4.69) is 12.6 Å². The van der Waals surface area contributed by atoms with E-state index in [1.165, 1.54) is 18.2 Å². The molecule has 0 unspecified atom stereocenters. The van der Waals surface area contributed by atoms with Crippen molar-refractivity contribution >= 4 is 23.2 Å². The molecule has 0 saturated carbocycles. The van der Waals surface area contributed by atoms with Crippen LogP contribution in [0.4, 0.5) is 8.78 Å². The molecule has 0 heterocycles. The van der Waals surface area contributed by atoms with Crippen molar-refractivity contribution in [3.8, 4) is 16.9 Å². The summed E-state index contributed by atoms with van der Waals surface area (Å²) >= 11 is 11.7. The largest absolute Gasteiger partial charge is 0.489 e. The molecule has 2 aromatic carbocycles. The van der Waals surface area contributed by atoms with Gasteiger partial charge in [0.1, 0.15) is 24.0 Å². The molecule has 5 heteroatoms. The van der Waals surface area contributed by atoms with Crippen LogP contribution in [0.15, 0.2) is 36.9 Å². The number of ether oxygens (including phenoxy) is 1. The second-order valence-electron chi connectivity index (χ2n) is 3.91. The molecule has 20 heavy (non-hydrogen) atoms. The Morgan fingerprint density at radius 3 is 2.45 bits per heavy atom. The molecule has 0 amide bonds. The number of rotatable bonds is 4. The molecule has 0 spiro atoms. The maximum Gasteiger partial charge on any atom is 0.137 e. The standard InChI is InChI=1S/C15H9Cl2F2O/c1-2-5-20-10-7-13(18)15(14(19)8-10)11-6-9(16)3-4-12(11)17/h2-3,6-8H,1,5H2. The second-order valence-corrected chi connectivity index (χ2v) is 4.72. The van der Waals surface area contributed by atoms with Gasteiger partial charge < -0.3 is 4.74 Å². The molecule has 0 bridgehead atoms. The molecular weight excluding hydrogens is 305 g/mol. The topological polar surface area (TPSA) is 9.23 Å². The van der Waals surface area contributed by atoms with E-state index in [4.69, 9.17) is 27.9 Å². The summed E-state index contributed by atoms with van der Waals surface area (Å²) in [5.41, 5.74) is -0.121. The summed E-state index contributed by atoms with van der Waals surface area (Å²) in [6.45, 7) is 3.61. The molecule has 0 N–H and O–H groups in total. The Bertz CT molecular complexity index is 633. The highest BCUT2D eigenvalue weighted by Crippen LogP contribution is 2.35. The predicted octanol–water partition coefficient (Wildman–Crippen LogP) is 5.30. The maximum absolute atomic E-state index is 14.1. The Hall–Kier alpha value is -1.58. The first kappa shape index (κ1) is 14.8. The van der Waals surface area contributed by atoms with E-state index < -0.39 is 11.6 Å². The third-order valence-electron chi connectivity index (χ3n) is 2.51. The van der Waals surface area contributed by atoms with Gasteiger partial charge >= 0.3 is 0 Å². The van der Waals surface area contributed by atoms with Gasteiger partial charge in [0.15, 0.2) is 0 Å². The van der Waals surface area contributed by atoms with Crippen LogP contribution in [0.1, 0.15) is 0 Å². The first-order valence-corrected chi connectivity index (χ1v) is 6.38. The highest BCUT2D eigenvalue weighted by atomic mass is 35.5. The van der Waals surface area contributed by atoms with Crippen molar-refractivity contribution in [1.82, 2.24) is 0 Å². The molecule has 103 valence electrons. The summed E-state index contributed by atoms with van der Waals surface area (Å²) in [4.78, 5) is 0. The van der Waals surface area contributed by atoms with Crippen molar-refractivity contribution in [3.63, 3.8) is 0 Å². The zero-order chi connectivity index (χ0) is 14.7. The molecule has 0 atom stereocenters. The normalized spacial score (nSPS) is 10.4. The minimum absolute atomic E-state index is 0.0748. The highest BCUT2D eigenvalue weighted by molar-refractivity contribution is 6.35. The van der Waals surface area contributed by atoms with Crippen molar-refractivity contribution < 1.29 is 13.5 Å². The van der Waals surface area contributed by atoms with Crippen LogP contribution in [0.3, 0.4) is 0 Å². The maximum atomic E-state index is 14.1. The van der Waals surface area contributed by atoms with Gasteiger partial charge in [0, 0.05) is 28.8 Å². The van der Waals surface area contributed by atoms with Gasteiger partial charge in [0.05, 0.1) is 10.6 Å². The van der Waals surface area contributed by atoms with Gasteiger partial charge in [-0.2, -0.15) is 0 Å². The van der Waals surface area contributed by atoms with E-state index in [1.54, 1.807) is 0 Å². The summed E-state index contributed by atoms with van der Waals surface area (Å²) in [6.07, 6.45) is 1.48. The van der Waals surface area contributed by atoms with Crippen LogP contribution in [0.2, 0.25) is 10.0 Å². The Morgan fingerprint density at radius 2 is 1.85 bits per heavy atom. The Labute approximate surface area is 125 Å². The lowest BCUT2D eigenvalue weighted by Crippen LogP contribution is -1.97. The van der Waals surface area contributed by atoms with Crippen LogP contribution < -0.4 is 4.74 Å². The van der Waals surface area contributed by atoms with E-state index >= 15 is 0 Å². The van der Waals surface area contributed by atoms with Gasteiger partial charge in [0.25, 0.3) is 0 Å². The van der Waals surface area contributed by atoms with Gasteiger partial charge in [0.2, 0.25) is 0 Å². The average molecular weight is 314 g/mol. The summed E-state index contributed by atoms with van der Waals surface area (Å²) in [6, 6.07) is 7.59. The van der Waals surface area contributed by atoms with Gasteiger partial charge in [-0.3, -0.25) is 0 Å². The lowest BCUT2D eigenvalue weighted by Gasteiger charge is -2.10. The zero-order valence-corrected chi connectivity index (χ0v) is 11.7. The van der Waals surface area contributed by atoms with Crippen LogP contribution >= 0.6 is 23.2 Å². The monoisotopic (exact) mass is 313 g/mol. The molecule has 1 radical (unpaired) electrons. The number of hydrogen-bond acceptors (Lipinski definition) is 1. The van der Waals surface area contributed by atoms with Gasteiger partial charge in [-0.05, 0) is 12.1 Å².